The maximum Gasteiger partial charge on any atom is 0.336 e. The minimum absolute atomic E-state index is 0.0416. The Kier molecular flexibility index (Phi) is 4.63. The van der Waals surface area contributed by atoms with Gasteiger partial charge in [-0.2, -0.15) is 0 Å². The molecule has 0 radical (unpaired) electrons. The Balaban J connectivity index is 2.79. The fraction of sp³-hybridized carbons (Fsp3) is 0.444. The first-order chi connectivity index (χ1) is 7.86. The highest BCUT2D eigenvalue weighted by Gasteiger charge is 2.19. The molecule has 0 saturated carbocycles. The van der Waals surface area contributed by atoms with Crippen LogP contribution in [0.2, 0.25) is 0 Å². The van der Waals surface area contributed by atoms with Crippen molar-refractivity contribution >= 4 is 27.3 Å². The highest BCUT2D eigenvalue weighted by atomic mass is 32.2. The van der Waals surface area contributed by atoms with E-state index < -0.39 is 16.0 Å². The molecule has 3 N–H and O–H groups in total. The zero-order valence-corrected chi connectivity index (χ0v) is 10.7. The minimum Gasteiger partial charge on any atom is -0.478 e. The lowest BCUT2D eigenvalue weighted by molar-refractivity contribution is 0.0697. The van der Waals surface area contributed by atoms with E-state index in [-0.39, 0.29) is 28.8 Å². The second kappa shape index (κ2) is 5.58. The molecular formula is C9H13NO5S2. The van der Waals surface area contributed by atoms with Crippen molar-refractivity contribution in [2.24, 2.45) is 5.92 Å². The summed E-state index contributed by atoms with van der Waals surface area (Å²) in [7, 11) is -3.68. The summed E-state index contributed by atoms with van der Waals surface area (Å²) in [6.45, 7) is 1.69. The van der Waals surface area contributed by atoms with Crippen LogP contribution in [0.25, 0.3) is 0 Å². The molecule has 6 nitrogen and oxygen atoms in total. The van der Waals surface area contributed by atoms with Crippen molar-refractivity contribution in [2.75, 3.05) is 13.2 Å². The number of nitrogens with one attached hydrogen (secondary N) is 1. The van der Waals surface area contributed by atoms with Gasteiger partial charge in [-0.15, -0.1) is 11.3 Å². The van der Waals surface area contributed by atoms with Gasteiger partial charge >= 0.3 is 5.97 Å². The number of sulfonamides is 1. The van der Waals surface area contributed by atoms with Gasteiger partial charge in [0.05, 0.1) is 5.56 Å². The Morgan fingerprint density at radius 2 is 2.24 bits per heavy atom. The normalized spacial score (nSPS) is 13.5. The first-order valence-corrected chi connectivity index (χ1v) is 7.15. The number of aliphatic hydroxyl groups excluding tert-OH is 1. The quantitative estimate of drug-likeness (QED) is 0.697. The van der Waals surface area contributed by atoms with Gasteiger partial charge in [0, 0.05) is 18.5 Å². The number of aromatic carboxylic acids is 1. The molecule has 0 bridgehead atoms. The smallest absolute Gasteiger partial charge is 0.336 e. The maximum absolute atomic E-state index is 11.7. The van der Waals surface area contributed by atoms with E-state index in [0.29, 0.717) is 0 Å². The average molecular weight is 279 g/mol. The molecule has 0 saturated heterocycles. The summed E-state index contributed by atoms with van der Waals surface area (Å²) in [6, 6.07) is 1.11. The molecule has 0 spiro atoms. The van der Waals surface area contributed by atoms with Crippen LogP contribution in [-0.2, 0) is 10.0 Å². The van der Waals surface area contributed by atoms with Crippen LogP contribution in [0.15, 0.2) is 15.7 Å². The molecule has 8 heteroatoms. The van der Waals surface area contributed by atoms with E-state index in [1.807, 2.05) is 0 Å². The molecular weight excluding hydrogens is 266 g/mol. The van der Waals surface area contributed by atoms with Crippen molar-refractivity contribution in [2.45, 2.75) is 11.1 Å². The highest BCUT2D eigenvalue weighted by Crippen LogP contribution is 2.20. The molecule has 0 fully saturated rings. The van der Waals surface area contributed by atoms with Crippen molar-refractivity contribution in [3.63, 3.8) is 0 Å². The summed E-state index contributed by atoms with van der Waals surface area (Å²) in [5.74, 6) is -1.35. The standard InChI is InChI=1S/C9H13NO5S2/c1-6(4-11)3-10-17(14,15)8-2-7(5-16-8)9(12)13/h2,5-6,10-11H,3-4H2,1H3,(H,12,13). The fourth-order valence-corrected chi connectivity index (χ4v) is 3.32. The fourth-order valence-electron chi connectivity index (χ4n) is 0.957. The topological polar surface area (TPSA) is 104 Å². The number of carboxylic acid groups (broad SMARTS) is 1. The van der Waals surface area contributed by atoms with Crippen molar-refractivity contribution in [3.05, 3.63) is 17.0 Å². The summed E-state index contributed by atoms with van der Waals surface area (Å²) in [5.41, 5.74) is -0.0504. The lowest BCUT2D eigenvalue weighted by atomic mass is 10.2. The summed E-state index contributed by atoms with van der Waals surface area (Å²) < 4.78 is 25.7. The van der Waals surface area contributed by atoms with Gasteiger partial charge in [-0.25, -0.2) is 17.9 Å². The van der Waals surface area contributed by atoms with E-state index >= 15 is 0 Å². The molecule has 0 aliphatic carbocycles. The molecule has 0 aromatic carbocycles. The van der Waals surface area contributed by atoms with Crippen LogP contribution in [0.5, 0.6) is 0 Å². The lowest BCUT2D eigenvalue weighted by Crippen LogP contribution is -2.29. The van der Waals surface area contributed by atoms with Gasteiger partial charge in [-0.3, -0.25) is 0 Å². The molecule has 96 valence electrons. The monoisotopic (exact) mass is 279 g/mol. The second-order valence-corrected chi connectivity index (χ2v) is 6.50. The molecule has 1 aromatic heterocycles. The van der Waals surface area contributed by atoms with Gasteiger partial charge in [0.15, 0.2) is 0 Å². The van der Waals surface area contributed by atoms with Crippen molar-refractivity contribution in [3.8, 4) is 0 Å². The van der Waals surface area contributed by atoms with Gasteiger partial charge in [0.25, 0.3) is 0 Å². The summed E-state index contributed by atoms with van der Waals surface area (Å²) >= 11 is 0.850. The van der Waals surface area contributed by atoms with Crippen LogP contribution >= 0.6 is 11.3 Å². The largest absolute Gasteiger partial charge is 0.478 e. The molecule has 0 aliphatic heterocycles. The zero-order valence-electron chi connectivity index (χ0n) is 9.08. The van der Waals surface area contributed by atoms with E-state index in [1.54, 1.807) is 6.92 Å². The van der Waals surface area contributed by atoms with E-state index in [9.17, 15) is 13.2 Å². The van der Waals surface area contributed by atoms with Crippen LogP contribution in [0.4, 0.5) is 0 Å². The highest BCUT2D eigenvalue weighted by molar-refractivity contribution is 7.91. The molecule has 0 amide bonds. The van der Waals surface area contributed by atoms with Crippen LogP contribution in [0.3, 0.4) is 0 Å². The number of aliphatic hydroxyl groups is 1. The van der Waals surface area contributed by atoms with Crippen LogP contribution < -0.4 is 4.72 Å². The Labute approximate surface area is 103 Å². The van der Waals surface area contributed by atoms with Gasteiger partial charge < -0.3 is 10.2 Å². The number of hydrogen-bond acceptors (Lipinski definition) is 5. The molecule has 1 unspecified atom stereocenters. The van der Waals surface area contributed by atoms with E-state index in [4.69, 9.17) is 10.2 Å². The third kappa shape index (κ3) is 3.77. The number of hydrogen-bond donors (Lipinski definition) is 3. The van der Waals surface area contributed by atoms with Crippen LogP contribution in [0, 0.1) is 5.92 Å². The van der Waals surface area contributed by atoms with Gasteiger partial charge in [0.2, 0.25) is 10.0 Å². The van der Waals surface area contributed by atoms with Gasteiger partial charge in [-0.1, -0.05) is 6.92 Å². The predicted molar refractivity (Wildman–Crippen MR) is 62.7 cm³/mol. The van der Waals surface area contributed by atoms with Gasteiger partial charge in [-0.05, 0) is 12.0 Å². The molecule has 1 atom stereocenters. The first-order valence-electron chi connectivity index (χ1n) is 4.79. The second-order valence-electron chi connectivity index (χ2n) is 3.60. The Bertz CT molecular complexity index is 493. The zero-order chi connectivity index (χ0) is 13.1. The summed E-state index contributed by atoms with van der Waals surface area (Å²) in [4.78, 5) is 10.6. The van der Waals surface area contributed by atoms with Crippen molar-refractivity contribution in [1.82, 2.24) is 4.72 Å². The molecule has 0 aliphatic rings. The number of carbonyl (C=O) groups is 1. The van der Waals surface area contributed by atoms with E-state index in [2.05, 4.69) is 4.72 Å². The number of carboxylic acids is 1. The molecule has 1 rings (SSSR count). The summed E-state index contributed by atoms with van der Waals surface area (Å²) in [5, 5.41) is 18.7. The Hall–Kier alpha value is -0.960. The Morgan fingerprint density at radius 1 is 1.59 bits per heavy atom. The summed E-state index contributed by atoms with van der Waals surface area (Å²) in [6.07, 6.45) is 0. The van der Waals surface area contributed by atoms with Crippen LogP contribution in [0.1, 0.15) is 17.3 Å². The van der Waals surface area contributed by atoms with E-state index in [1.165, 1.54) is 5.38 Å². The maximum atomic E-state index is 11.7. The average Bonchev–Trinajstić information content (AvgIpc) is 2.76. The van der Waals surface area contributed by atoms with Crippen molar-refractivity contribution in [1.29, 1.82) is 0 Å². The third-order valence-corrected chi connectivity index (χ3v) is 4.88. The molecule has 1 heterocycles. The van der Waals surface area contributed by atoms with Crippen LogP contribution in [-0.4, -0.2) is 37.8 Å². The van der Waals surface area contributed by atoms with E-state index in [0.717, 1.165) is 17.4 Å². The molecule has 17 heavy (non-hydrogen) atoms. The van der Waals surface area contributed by atoms with Gasteiger partial charge in [0.1, 0.15) is 4.21 Å². The lowest BCUT2D eigenvalue weighted by Gasteiger charge is -2.08. The minimum atomic E-state index is -3.68. The Morgan fingerprint density at radius 3 is 2.71 bits per heavy atom. The predicted octanol–water partition coefficient (Wildman–Crippen LogP) is 0.353. The third-order valence-electron chi connectivity index (χ3n) is 2.02. The first kappa shape index (κ1) is 14.1. The SMILES string of the molecule is CC(CO)CNS(=O)(=O)c1cc(C(=O)O)cs1. The number of thiophene rings is 1. The van der Waals surface area contributed by atoms with Crippen molar-refractivity contribution < 1.29 is 23.4 Å². The molecule has 1 aromatic rings. The number of rotatable bonds is 6.